The number of nitrogens with zero attached hydrogens (tertiary/aromatic N) is 1. The summed E-state index contributed by atoms with van der Waals surface area (Å²) >= 11 is 0. The van der Waals surface area contributed by atoms with Gasteiger partial charge in [0.25, 0.3) is 0 Å². The molecule has 2 rings (SSSR count). The van der Waals surface area contributed by atoms with Gasteiger partial charge in [-0.3, -0.25) is 0 Å². The van der Waals surface area contributed by atoms with Crippen LogP contribution in [0.4, 0.5) is 0 Å². The molecule has 1 fully saturated rings. The van der Waals surface area contributed by atoms with E-state index in [1.165, 1.54) is 37.9 Å². The molecule has 2 atom stereocenters. The molecule has 21 heavy (non-hydrogen) atoms. The first-order valence-corrected chi connectivity index (χ1v) is 8.32. The van der Waals surface area contributed by atoms with Crippen molar-refractivity contribution in [2.24, 2.45) is 5.92 Å². The molecule has 1 heterocycles. The minimum absolute atomic E-state index is 0.411. The first kappa shape index (κ1) is 16.3. The van der Waals surface area contributed by atoms with Crippen LogP contribution in [-0.4, -0.2) is 38.2 Å². The van der Waals surface area contributed by atoms with Crippen molar-refractivity contribution in [2.45, 2.75) is 39.2 Å². The summed E-state index contributed by atoms with van der Waals surface area (Å²) in [5.74, 6) is 1.81. The molecule has 0 aromatic heterocycles. The number of nitrogens with one attached hydrogen (secondary N) is 1. The molecule has 0 saturated carbocycles. The second-order valence-corrected chi connectivity index (χ2v) is 6.22. The summed E-state index contributed by atoms with van der Waals surface area (Å²) in [6, 6.07) is 8.91. The Labute approximate surface area is 129 Å². The van der Waals surface area contributed by atoms with E-state index >= 15 is 0 Å². The Morgan fingerprint density at radius 2 is 2.00 bits per heavy atom. The van der Waals surface area contributed by atoms with Crippen LogP contribution >= 0.6 is 0 Å². The summed E-state index contributed by atoms with van der Waals surface area (Å²) in [4.78, 5) is 2.63. The third-order valence-electron chi connectivity index (χ3n) is 4.52. The van der Waals surface area contributed by atoms with Crippen molar-refractivity contribution < 1.29 is 4.74 Å². The Morgan fingerprint density at radius 3 is 2.67 bits per heavy atom. The third-order valence-corrected chi connectivity index (χ3v) is 4.52. The Bertz CT molecular complexity index is 404. The van der Waals surface area contributed by atoms with Crippen molar-refractivity contribution >= 4 is 0 Å². The Balaban J connectivity index is 2.00. The van der Waals surface area contributed by atoms with E-state index in [0.717, 1.165) is 24.8 Å². The molecular formula is C18H30N2O. The van der Waals surface area contributed by atoms with Crippen molar-refractivity contribution in [3.05, 3.63) is 29.8 Å². The molecule has 1 aromatic rings. The molecule has 1 saturated heterocycles. The SMILES string of the molecule is CCNC(CN1CCCC(C)CC1)c1ccc(OC)cc1. The third kappa shape index (κ3) is 5.01. The molecule has 1 aromatic carbocycles. The highest BCUT2D eigenvalue weighted by molar-refractivity contribution is 5.29. The molecule has 0 spiro atoms. The average molecular weight is 290 g/mol. The predicted octanol–water partition coefficient (Wildman–Crippen LogP) is 3.47. The van der Waals surface area contributed by atoms with E-state index < -0.39 is 0 Å². The van der Waals surface area contributed by atoms with Gasteiger partial charge in [-0.25, -0.2) is 0 Å². The lowest BCUT2D eigenvalue weighted by Crippen LogP contribution is -2.36. The summed E-state index contributed by atoms with van der Waals surface area (Å²) in [7, 11) is 1.72. The van der Waals surface area contributed by atoms with Gasteiger partial charge in [0.1, 0.15) is 5.75 Å². The van der Waals surface area contributed by atoms with Crippen molar-refractivity contribution in [3.8, 4) is 5.75 Å². The van der Waals surface area contributed by atoms with E-state index in [9.17, 15) is 0 Å². The number of ether oxygens (including phenoxy) is 1. The molecule has 118 valence electrons. The summed E-state index contributed by atoms with van der Waals surface area (Å²) in [6.45, 7) is 9.14. The topological polar surface area (TPSA) is 24.5 Å². The van der Waals surface area contributed by atoms with Crippen LogP contribution in [0.2, 0.25) is 0 Å². The molecule has 1 aliphatic heterocycles. The first-order chi connectivity index (χ1) is 10.2. The summed E-state index contributed by atoms with van der Waals surface area (Å²) < 4.78 is 5.26. The zero-order valence-electron chi connectivity index (χ0n) is 13.8. The van der Waals surface area contributed by atoms with E-state index in [-0.39, 0.29) is 0 Å². The van der Waals surface area contributed by atoms with Gasteiger partial charge >= 0.3 is 0 Å². The number of likely N-dealkylation sites (tertiary alicyclic amines) is 1. The zero-order chi connectivity index (χ0) is 15.1. The van der Waals surface area contributed by atoms with Crippen molar-refractivity contribution in [1.82, 2.24) is 10.2 Å². The average Bonchev–Trinajstić information content (AvgIpc) is 2.72. The van der Waals surface area contributed by atoms with Gasteiger partial charge in [0.05, 0.1) is 7.11 Å². The molecule has 3 nitrogen and oxygen atoms in total. The number of methoxy groups -OCH3 is 1. The monoisotopic (exact) mass is 290 g/mol. The fourth-order valence-corrected chi connectivity index (χ4v) is 3.13. The first-order valence-electron chi connectivity index (χ1n) is 8.32. The van der Waals surface area contributed by atoms with Crippen LogP contribution < -0.4 is 10.1 Å². The summed E-state index contributed by atoms with van der Waals surface area (Å²) in [5.41, 5.74) is 1.36. The van der Waals surface area contributed by atoms with Crippen LogP contribution in [0.1, 0.15) is 44.7 Å². The maximum absolute atomic E-state index is 5.26. The fourth-order valence-electron chi connectivity index (χ4n) is 3.13. The van der Waals surface area contributed by atoms with Crippen LogP contribution in [0.5, 0.6) is 5.75 Å². The Hall–Kier alpha value is -1.06. The molecule has 3 heteroatoms. The minimum atomic E-state index is 0.411. The molecule has 1 N–H and O–H groups in total. The second kappa shape index (κ2) is 8.40. The standard InChI is InChI=1S/C18H30N2O/c1-4-19-18(16-7-9-17(21-3)10-8-16)14-20-12-5-6-15(2)11-13-20/h7-10,15,18-19H,4-6,11-14H2,1-3H3. The predicted molar refractivity (Wildman–Crippen MR) is 88.9 cm³/mol. The van der Waals surface area contributed by atoms with E-state index in [4.69, 9.17) is 4.74 Å². The highest BCUT2D eigenvalue weighted by Gasteiger charge is 2.18. The normalized spacial score (nSPS) is 21.8. The number of hydrogen-bond acceptors (Lipinski definition) is 3. The van der Waals surface area contributed by atoms with Gasteiger partial charge in [-0.05, 0) is 62.5 Å². The van der Waals surface area contributed by atoms with Gasteiger partial charge in [-0.2, -0.15) is 0 Å². The van der Waals surface area contributed by atoms with Crippen LogP contribution in [0, 0.1) is 5.92 Å². The quantitative estimate of drug-likeness (QED) is 0.868. The number of likely N-dealkylation sites (N-methyl/N-ethyl adjacent to an activating group) is 1. The largest absolute Gasteiger partial charge is 0.497 e. The van der Waals surface area contributed by atoms with Gasteiger partial charge in [-0.1, -0.05) is 26.0 Å². The Morgan fingerprint density at radius 1 is 1.24 bits per heavy atom. The van der Waals surface area contributed by atoms with E-state index in [0.29, 0.717) is 6.04 Å². The van der Waals surface area contributed by atoms with E-state index in [1.807, 2.05) is 0 Å². The number of hydrogen-bond donors (Lipinski definition) is 1. The van der Waals surface area contributed by atoms with Crippen LogP contribution in [0.15, 0.2) is 24.3 Å². The van der Waals surface area contributed by atoms with E-state index in [1.54, 1.807) is 7.11 Å². The summed E-state index contributed by atoms with van der Waals surface area (Å²) in [6.07, 6.45) is 4.05. The maximum Gasteiger partial charge on any atom is 0.118 e. The number of rotatable bonds is 6. The molecule has 2 unspecified atom stereocenters. The smallest absolute Gasteiger partial charge is 0.118 e. The van der Waals surface area contributed by atoms with Crippen molar-refractivity contribution in [2.75, 3.05) is 33.3 Å². The lowest BCUT2D eigenvalue weighted by Gasteiger charge is -2.27. The van der Waals surface area contributed by atoms with Crippen molar-refractivity contribution in [3.63, 3.8) is 0 Å². The highest BCUT2D eigenvalue weighted by atomic mass is 16.5. The molecule has 0 radical (unpaired) electrons. The van der Waals surface area contributed by atoms with Gasteiger partial charge in [-0.15, -0.1) is 0 Å². The molecule has 1 aliphatic rings. The zero-order valence-corrected chi connectivity index (χ0v) is 13.8. The Kier molecular flexibility index (Phi) is 6.52. The lowest BCUT2D eigenvalue weighted by molar-refractivity contribution is 0.249. The van der Waals surface area contributed by atoms with Crippen LogP contribution in [0.3, 0.4) is 0 Å². The van der Waals surface area contributed by atoms with Crippen LogP contribution in [0.25, 0.3) is 0 Å². The molecule has 0 aliphatic carbocycles. The van der Waals surface area contributed by atoms with E-state index in [2.05, 4.69) is 48.3 Å². The minimum Gasteiger partial charge on any atom is -0.497 e. The molecule has 0 bridgehead atoms. The molecule has 0 amide bonds. The fraction of sp³-hybridized carbons (Fsp3) is 0.667. The van der Waals surface area contributed by atoms with Gasteiger partial charge < -0.3 is 15.0 Å². The highest BCUT2D eigenvalue weighted by Crippen LogP contribution is 2.22. The number of benzene rings is 1. The second-order valence-electron chi connectivity index (χ2n) is 6.22. The van der Waals surface area contributed by atoms with Gasteiger partial charge in [0, 0.05) is 12.6 Å². The van der Waals surface area contributed by atoms with Crippen molar-refractivity contribution in [1.29, 1.82) is 0 Å². The lowest BCUT2D eigenvalue weighted by atomic mass is 10.0. The maximum atomic E-state index is 5.26. The van der Waals surface area contributed by atoms with Crippen LogP contribution in [-0.2, 0) is 0 Å². The summed E-state index contributed by atoms with van der Waals surface area (Å²) in [5, 5.41) is 3.63. The van der Waals surface area contributed by atoms with Gasteiger partial charge in [0.2, 0.25) is 0 Å². The van der Waals surface area contributed by atoms with Gasteiger partial charge in [0.15, 0.2) is 0 Å². The molecular weight excluding hydrogens is 260 g/mol.